The number of carbonyl (C=O) groups is 1. The Bertz CT molecular complexity index is 336. The molecule has 0 radical (unpaired) electrons. The lowest BCUT2D eigenvalue weighted by atomic mass is 10.1. The summed E-state index contributed by atoms with van der Waals surface area (Å²) in [5, 5.41) is 8.79. The minimum absolute atomic E-state index is 0.210. The Morgan fingerprint density at radius 2 is 2.17 bits per heavy atom. The average Bonchev–Trinajstić information content (AvgIpc) is 1.97. The van der Waals surface area contributed by atoms with E-state index in [2.05, 4.69) is 22.6 Å². The molecule has 0 aliphatic rings. The summed E-state index contributed by atoms with van der Waals surface area (Å²) in [6, 6.07) is 3.41. The number of anilines is 1. The number of carboxylic acids is 1. The fourth-order valence-corrected chi connectivity index (χ4v) is 1.44. The van der Waals surface area contributed by atoms with Gasteiger partial charge in [0, 0.05) is 9.26 Å². The Morgan fingerprint density at radius 3 is 2.58 bits per heavy atom. The normalized spacial score (nSPS) is 9.83. The highest BCUT2D eigenvalue weighted by Crippen LogP contribution is 2.21. The molecule has 4 heteroatoms. The topological polar surface area (TPSA) is 63.3 Å². The molecule has 1 aromatic carbocycles. The van der Waals surface area contributed by atoms with E-state index >= 15 is 0 Å². The van der Waals surface area contributed by atoms with Crippen LogP contribution in [0.5, 0.6) is 0 Å². The van der Waals surface area contributed by atoms with Gasteiger partial charge in [0.15, 0.2) is 0 Å². The van der Waals surface area contributed by atoms with Gasteiger partial charge in [-0.25, -0.2) is 4.79 Å². The second-order valence-corrected chi connectivity index (χ2v) is 3.60. The molecule has 3 nitrogen and oxygen atoms in total. The molecule has 0 amide bonds. The summed E-state index contributed by atoms with van der Waals surface area (Å²) in [5.41, 5.74) is 6.76. The molecule has 0 heterocycles. The molecular formula is C8H8INO2. The number of halogens is 1. The minimum Gasteiger partial charge on any atom is -0.478 e. The average molecular weight is 277 g/mol. The number of nitrogen functional groups attached to an aromatic ring is 1. The minimum atomic E-state index is -0.969. The van der Waals surface area contributed by atoms with Crippen LogP contribution in [0.2, 0.25) is 0 Å². The zero-order valence-corrected chi connectivity index (χ0v) is 8.62. The van der Waals surface area contributed by atoms with Crippen molar-refractivity contribution in [1.82, 2.24) is 0 Å². The predicted molar refractivity (Wildman–Crippen MR) is 55.3 cm³/mol. The van der Waals surface area contributed by atoms with Crippen LogP contribution in [0, 0.1) is 10.5 Å². The predicted octanol–water partition coefficient (Wildman–Crippen LogP) is 1.88. The van der Waals surface area contributed by atoms with Crippen molar-refractivity contribution in [3.8, 4) is 0 Å². The van der Waals surface area contributed by atoms with E-state index in [1.54, 1.807) is 19.1 Å². The SMILES string of the molecule is Cc1c(I)ccc(N)c1C(=O)O. The van der Waals surface area contributed by atoms with E-state index in [4.69, 9.17) is 10.8 Å². The first-order chi connectivity index (χ1) is 5.54. The zero-order valence-electron chi connectivity index (χ0n) is 6.47. The molecule has 0 aromatic heterocycles. The van der Waals surface area contributed by atoms with E-state index in [1.165, 1.54) is 0 Å². The van der Waals surface area contributed by atoms with Crippen molar-refractivity contribution >= 4 is 34.2 Å². The number of nitrogens with two attached hydrogens (primary N) is 1. The van der Waals surface area contributed by atoms with Gasteiger partial charge < -0.3 is 10.8 Å². The van der Waals surface area contributed by atoms with Crippen LogP contribution in [0.25, 0.3) is 0 Å². The van der Waals surface area contributed by atoms with Crippen molar-refractivity contribution in [2.45, 2.75) is 6.92 Å². The molecule has 0 aliphatic carbocycles. The molecule has 3 N–H and O–H groups in total. The van der Waals surface area contributed by atoms with Crippen molar-refractivity contribution in [2.24, 2.45) is 0 Å². The molecule has 0 spiro atoms. The molecule has 0 unspecified atom stereocenters. The lowest BCUT2D eigenvalue weighted by molar-refractivity contribution is 0.0697. The maximum atomic E-state index is 10.7. The van der Waals surface area contributed by atoms with Crippen LogP contribution in [0.1, 0.15) is 15.9 Å². The van der Waals surface area contributed by atoms with Crippen molar-refractivity contribution in [1.29, 1.82) is 0 Å². The van der Waals surface area contributed by atoms with Gasteiger partial charge in [0.05, 0.1) is 5.56 Å². The molecule has 12 heavy (non-hydrogen) atoms. The van der Waals surface area contributed by atoms with Gasteiger partial charge in [0.2, 0.25) is 0 Å². The Morgan fingerprint density at radius 1 is 1.58 bits per heavy atom. The molecule has 1 aromatic rings. The van der Waals surface area contributed by atoms with Gasteiger partial charge in [-0.2, -0.15) is 0 Å². The van der Waals surface area contributed by atoms with Crippen LogP contribution >= 0.6 is 22.6 Å². The van der Waals surface area contributed by atoms with Gasteiger partial charge in [0.1, 0.15) is 0 Å². The molecule has 0 saturated carbocycles. The molecule has 0 saturated heterocycles. The zero-order chi connectivity index (χ0) is 9.30. The Hall–Kier alpha value is -0.780. The number of hydrogen-bond donors (Lipinski definition) is 2. The molecule has 0 bridgehead atoms. The largest absolute Gasteiger partial charge is 0.478 e. The molecule has 64 valence electrons. The van der Waals surface area contributed by atoms with Gasteiger partial charge in [-0.3, -0.25) is 0 Å². The summed E-state index contributed by atoms with van der Waals surface area (Å²) in [7, 11) is 0. The first-order valence-corrected chi connectivity index (χ1v) is 4.39. The summed E-state index contributed by atoms with van der Waals surface area (Å²) in [5.74, 6) is -0.969. The monoisotopic (exact) mass is 277 g/mol. The highest BCUT2D eigenvalue weighted by Gasteiger charge is 2.12. The van der Waals surface area contributed by atoms with E-state index in [0.717, 1.165) is 9.13 Å². The van der Waals surface area contributed by atoms with Gasteiger partial charge in [-0.05, 0) is 47.2 Å². The Kier molecular flexibility index (Phi) is 2.56. The van der Waals surface area contributed by atoms with E-state index in [0.29, 0.717) is 5.69 Å². The van der Waals surface area contributed by atoms with E-state index in [9.17, 15) is 4.79 Å². The maximum Gasteiger partial charge on any atom is 0.338 e. The summed E-state index contributed by atoms with van der Waals surface area (Å²) in [6.45, 7) is 1.75. The standard InChI is InChI=1S/C8H8INO2/c1-4-5(9)2-3-6(10)7(4)8(11)12/h2-3H,10H2,1H3,(H,11,12). The smallest absolute Gasteiger partial charge is 0.338 e. The molecular weight excluding hydrogens is 269 g/mol. The van der Waals surface area contributed by atoms with E-state index in [1.807, 2.05) is 0 Å². The Labute approximate surface area is 83.7 Å². The van der Waals surface area contributed by atoms with Crippen LogP contribution < -0.4 is 5.73 Å². The fraction of sp³-hybridized carbons (Fsp3) is 0.125. The van der Waals surface area contributed by atoms with Gasteiger partial charge in [0.25, 0.3) is 0 Å². The second-order valence-electron chi connectivity index (χ2n) is 2.44. The highest BCUT2D eigenvalue weighted by atomic mass is 127. The third kappa shape index (κ3) is 1.52. The number of aromatic carboxylic acids is 1. The van der Waals surface area contributed by atoms with Gasteiger partial charge in [-0.15, -0.1) is 0 Å². The van der Waals surface area contributed by atoms with Gasteiger partial charge >= 0.3 is 5.97 Å². The fourth-order valence-electron chi connectivity index (χ4n) is 0.991. The number of rotatable bonds is 1. The molecule has 0 fully saturated rings. The first kappa shape index (κ1) is 9.31. The maximum absolute atomic E-state index is 10.7. The molecule has 0 atom stereocenters. The quantitative estimate of drug-likeness (QED) is 0.608. The lowest BCUT2D eigenvalue weighted by Gasteiger charge is -2.05. The molecule has 0 aliphatic heterocycles. The number of benzene rings is 1. The van der Waals surface area contributed by atoms with Crippen LogP contribution in [0.15, 0.2) is 12.1 Å². The number of carboxylic acid groups (broad SMARTS) is 1. The van der Waals surface area contributed by atoms with Crippen LogP contribution in [0.4, 0.5) is 5.69 Å². The van der Waals surface area contributed by atoms with Gasteiger partial charge in [-0.1, -0.05) is 0 Å². The lowest BCUT2D eigenvalue weighted by Crippen LogP contribution is -2.06. The third-order valence-corrected chi connectivity index (χ3v) is 2.81. The van der Waals surface area contributed by atoms with Crippen LogP contribution in [-0.4, -0.2) is 11.1 Å². The summed E-state index contributed by atoms with van der Waals surface area (Å²) in [6.07, 6.45) is 0. The van der Waals surface area contributed by atoms with Crippen LogP contribution in [0.3, 0.4) is 0 Å². The first-order valence-electron chi connectivity index (χ1n) is 3.32. The van der Waals surface area contributed by atoms with Crippen molar-refractivity contribution < 1.29 is 9.90 Å². The highest BCUT2D eigenvalue weighted by molar-refractivity contribution is 14.1. The van der Waals surface area contributed by atoms with Crippen molar-refractivity contribution in [2.75, 3.05) is 5.73 Å². The summed E-state index contributed by atoms with van der Waals surface area (Å²) in [4.78, 5) is 10.7. The van der Waals surface area contributed by atoms with Crippen molar-refractivity contribution in [3.63, 3.8) is 0 Å². The molecule has 1 rings (SSSR count). The summed E-state index contributed by atoms with van der Waals surface area (Å²) >= 11 is 2.08. The second kappa shape index (κ2) is 3.30. The number of hydrogen-bond acceptors (Lipinski definition) is 2. The van der Waals surface area contributed by atoms with Crippen molar-refractivity contribution in [3.05, 3.63) is 26.8 Å². The van der Waals surface area contributed by atoms with E-state index < -0.39 is 5.97 Å². The Balaban J connectivity index is 3.43. The van der Waals surface area contributed by atoms with E-state index in [-0.39, 0.29) is 5.56 Å². The summed E-state index contributed by atoms with van der Waals surface area (Å²) < 4.78 is 0.916. The van der Waals surface area contributed by atoms with Crippen LogP contribution in [-0.2, 0) is 0 Å². The third-order valence-electron chi connectivity index (χ3n) is 1.65.